The number of carbonyl (C=O) groups is 1. The van der Waals surface area contributed by atoms with Crippen LogP contribution in [0.2, 0.25) is 0 Å². The van der Waals surface area contributed by atoms with Gasteiger partial charge in [-0.3, -0.25) is 4.79 Å². The number of aliphatic carboxylic acids is 1. The first kappa shape index (κ1) is 27.6. The van der Waals surface area contributed by atoms with Crippen molar-refractivity contribution < 1.29 is 23.8 Å². The average Bonchev–Trinajstić information content (AvgIpc) is 3.75. The van der Waals surface area contributed by atoms with Crippen LogP contribution in [0, 0.1) is 28.5 Å². The van der Waals surface area contributed by atoms with E-state index in [-0.39, 0.29) is 29.0 Å². The Kier molecular flexibility index (Phi) is 6.96. The van der Waals surface area contributed by atoms with E-state index < -0.39 is 5.97 Å². The lowest BCUT2D eigenvalue weighted by atomic mass is 9.65. The van der Waals surface area contributed by atoms with Gasteiger partial charge in [-0.05, 0) is 118 Å². The quantitative estimate of drug-likeness (QED) is 0.272. The van der Waals surface area contributed by atoms with Gasteiger partial charge >= 0.3 is 5.97 Å². The van der Waals surface area contributed by atoms with Gasteiger partial charge in [0.25, 0.3) is 0 Å². The molecule has 0 spiro atoms. The summed E-state index contributed by atoms with van der Waals surface area (Å²) in [6.45, 7) is 7.44. The number of ether oxygens (including phenoxy) is 2. The number of carboxylic acid groups (broad SMARTS) is 1. The zero-order valence-corrected chi connectivity index (χ0v) is 24.4. The first-order valence-electron chi connectivity index (χ1n) is 14.7. The lowest BCUT2D eigenvalue weighted by Gasteiger charge is -2.38. The molecule has 2 bridgehead atoms. The highest BCUT2D eigenvalue weighted by Gasteiger charge is 2.57. The lowest BCUT2D eigenvalue weighted by molar-refractivity contribution is -0.137. The van der Waals surface area contributed by atoms with Gasteiger partial charge in [-0.2, -0.15) is 0 Å². The smallest absolute Gasteiger partial charge is 0.303 e. The maximum Gasteiger partial charge on any atom is 0.303 e. The molecular weight excluding hydrogens is 515 g/mol. The molecule has 6 rings (SSSR count). The molecule has 214 valence electrons. The third kappa shape index (κ3) is 4.94. The molecule has 3 aliphatic carbocycles. The van der Waals surface area contributed by atoms with E-state index in [4.69, 9.17) is 9.47 Å². The Morgan fingerprint density at radius 3 is 2.44 bits per heavy atom. The van der Waals surface area contributed by atoms with Crippen molar-refractivity contribution in [3.05, 3.63) is 89.2 Å². The Morgan fingerprint density at radius 1 is 0.976 bits per heavy atom. The molecule has 2 saturated carbocycles. The van der Waals surface area contributed by atoms with Crippen LogP contribution in [-0.2, 0) is 11.4 Å². The number of fused-ring (bicyclic) bond motifs is 2. The van der Waals surface area contributed by atoms with Gasteiger partial charge in [0.2, 0.25) is 0 Å². The standard InChI is InChI=1S/C36H39FO4/c1-35(2)25-14-15-36(35,3)32(18-25)30-16-22(8-12-28(30)31-19-26(40-4)11-13-33(31)37)21-41-27-7-5-6-24(17-27)29(20-34(38)39)23-9-10-23/h5-8,11-13,16-19,23,25,29H,9-10,14-15,20-21H2,1-4H3,(H,38,39)/t25-,29+,36+/m1/s1. The number of allylic oxidation sites excluding steroid dienone is 2. The number of methoxy groups -OCH3 is 1. The molecule has 41 heavy (non-hydrogen) atoms. The van der Waals surface area contributed by atoms with E-state index in [1.807, 2.05) is 36.4 Å². The minimum Gasteiger partial charge on any atom is -0.497 e. The van der Waals surface area contributed by atoms with Crippen LogP contribution in [0.5, 0.6) is 11.5 Å². The summed E-state index contributed by atoms with van der Waals surface area (Å²) in [4.78, 5) is 11.5. The Labute approximate surface area is 242 Å². The highest BCUT2D eigenvalue weighted by atomic mass is 19.1. The normalized spacial score (nSPS) is 23.2. The van der Waals surface area contributed by atoms with Gasteiger partial charge in [-0.25, -0.2) is 4.39 Å². The largest absolute Gasteiger partial charge is 0.497 e. The van der Waals surface area contributed by atoms with Gasteiger partial charge in [0.05, 0.1) is 13.5 Å². The Morgan fingerprint density at radius 2 is 1.78 bits per heavy atom. The molecule has 3 aromatic rings. The molecule has 2 fully saturated rings. The van der Waals surface area contributed by atoms with Gasteiger partial charge in [0.1, 0.15) is 23.9 Å². The van der Waals surface area contributed by atoms with Crippen molar-refractivity contribution in [2.45, 2.75) is 65.4 Å². The third-order valence-corrected chi connectivity index (χ3v) is 10.4. The SMILES string of the molecule is COc1ccc(F)c(-c2ccc(COc3cccc([C@@H](CC(=O)O)C4CC4)c3)cc2C2=C[C@H]3CC[C@]2(C)C3(C)C)c1. The summed E-state index contributed by atoms with van der Waals surface area (Å²) in [5.41, 5.74) is 5.91. The Bertz CT molecular complexity index is 1520. The molecule has 3 aromatic carbocycles. The molecule has 5 heteroatoms. The predicted molar refractivity (Wildman–Crippen MR) is 159 cm³/mol. The van der Waals surface area contributed by atoms with Crippen LogP contribution in [0.25, 0.3) is 16.7 Å². The maximum absolute atomic E-state index is 15.3. The van der Waals surface area contributed by atoms with Gasteiger partial charge in [0, 0.05) is 5.56 Å². The zero-order chi connectivity index (χ0) is 28.9. The van der Waals surface area contributed by atoms with Crippen LogP contribution >= 0.6 is 0 Å². The molecular formula is C36H39FO4. The lowest BCUT2D eigenvalue weighted by Crippen LogP contribution is -2.29. The summed E-state index contributed by atoms with van der Waals surface area (Å²) in [7, 11) is 1.60. The monoisotopic (exact) mass is 554 g/mol. The van der Waals surface area contributed by atoms with Crippen LogP contribution in [0.4, 0.5) is 4.39 Å². The zero-order valence-electron chi connectivity index (χ0n) is 24.4. The molecule has 0 aliphatic heterocycles. The van der Waals surface area contributed by atoms with Gasteiger partial charge in [-0.1, -0.05) is 51.1 Å². The first-order valence-corrected chi connectivity index (χ1v) is 14.7. The van der Waals surface area contributed by atoms with E-state index in [1.54, 1.807) is 19.2 Å². The van der Waals surface area contributed by atoms with Crippen molar-refractivity contribution in [1.29, 1.82) is 0 Å². The first-order chi connectivity index (χ1) is 19.6. The van der Waals surface area contributed by atoms with Crippen molar-refractivity contribution in [3.8, 4) is 22.6 Å². The summed E-state index contributed by atoms with van der Waals surface area (Å²) < 4.78 is 27.0. The van der Waals surface area contributed by atoms with E-state index in [9.17, 15) is 9.90 Å². The molecule has 0 aromatic heterocycles. The molecule has 3 atom stereocenters. The van der Waals surface area contributed by atoms with Gasteiger partial charge < -0.3 is 14.6 Å². The minimum absolute atomic E-state index is 0.00245. The number of benzene rings is 3. The van der Waals surface area contributed by atoms with Crippen molar-refractivity contribution in [2.24, 2.45) is 22.7 Å². The van der Waals surface area contributed by atoms with Crippen molar-refractivity contribution in [1.82, 2.24) is 0 Å². The van der Waals surface area contributed by atoms with Gasteiger partial charge in [0.15, 0.2) is 0 Å². The molecule has 0 heterocycles. The molecule has 3 aliphatic rings. The molecule has 0 unspecified atom stereocenters. The van der Waals surface area contributed by atoms with Crippen molar-refractivity contribution in [2.75, 3.05) is 7.11 Å². The number of halogens is 1. The minimum atomic E-state index is -0.764. The number of carboxylic acids is 1. The predicted octanol–water partition coefficient (Wildman–Crippen LogP) is 8.89. The maximum atomic E-state index is 15.3. The molecule has 1 N–H and O–H groups in total. The Hall–Kier alpha value is -3.60. The second-order valence-electron chi connectivity index (χ2n) is 12.9. The number of rotatable bonds is 10. The average molecular weight is 555 g/mol. The van der Waals surface area contributed by atoms with Gasteiger partial charge in [-0.15, -0.1) is 0 Å². The molecule has 4 nitrogen and oxygen atoms in total. The fraction of sp³-hybridized carbons (Fsp3) is 0.417. The van der Waals surface area contributed by atoms with Crippen LogP contribution in [0.3, 0.4) is 0 Å². The van der Waals surface area contributed by atoms with E-state index in [0.717, 1.165) is 47.3 Å². The van der Waals surface area contributed by atoms with Crippen molar-refractivity contribution in [3.63, 3.8) is 0 Å². The number of hydrogen-bond acceptors (Lipinski definition) is 3. The summed E-state index contributed by atoms with van der Waals surface area (Å²) in [6, 6.07) is 19.0. The number of hydrogen-bond donors (Lipinski definition) is 1. The van der Waals surface area contributed by atoms with Crippen molar-refractivity contribution >= 4 is 11.5 Å². The topological polar surface area (TPSA) is 55.8 Å². The highest BCUT2D eigenvalue weighted by Crippen LogP contribution is 2.68. The summed E-state index contributed by atoms with van der Waals surface area (Å²) in [5.74, 6) is 1.28. The molecule has 0 saturated heterocycles. The molecule has 0 amide bonds. The van der Waals surface area contributed by atoms with Crippen LogP contribution < -0.4 is 9.47 Å². The van der Waals surface area contributed by atoms with Crippen LogP contribution in [0.1, 0.15) is 75.5 Å². The second kappa shape index (κ2) is 10.3. The summed E-state index contributed by atoms with van der Waals surface area (Å²) >= 11 is 0. The van der Waals surface area contributed by atoms with E-state index in [0.29, 0.717) is 29.8 Å². The van der Waals surface area contributed by atoms with E-state index >= 15 is 4.39 Å². The highest BCUT2D eigenvalue weighted by molar-refractivity contribution is 5.86. The van der Waals surface area contributed by atoms with Crippen LogP contribution in [-0.4, -0.2) is 18.2 Å². The summed E-state index contributed by atoms with van der Waals surface area (Å²) in [6.07, 6.45) is 7.03. The Balaban J connectivity index is 1.34. The second-order valence-corrected chi connectivity index (χ2v) is 12.9. The fourth-order valence-electron chi connectivity index (χ4n) is 7.30. The third-order valence-electron chi connectivity index (χ3n) is 10.4. The van der Waals surface area contributed by atoms with E-state index in [1.165, 1.54) is 18.1 Å². The molecule has 0 radical (unpaired) electrons. The summed E-state index contributed by atoms with van der Waals surface area (Å²) in [5, 5.41) is 9.43. The van der Waals surface area contributed by atoms with E-state index in [2.05, 4.69) is 32.9 Å². The van der Waals surface area contributed by atoms with Crippen LogP contribution in [0.15, 0.2) is 66.7 Å². The fourth-order valence-corrected chi connectivity index (χ4v) is 7.30.